The second kappa shape index (κ2) is 40.3. The Hall–Kier alpha value is -1.10. The molecular formula is C43H85NO4. The molecule has 5 nitrogen and oxygen atoms in total. The quantitative estimate of drug-likeness (QED) is 0.0516. The van der Waals surface area contributed by atoms with Crippen molar-refractivity contribution in [2.24, 2.45) is 0 Å². The summed E-state index contributed by atoms with van der Waals surface area (Å²) < 4.78 is 11.4. The summed E-state index contributed by atoms with van der Waals surface area (Å²) in [5.41, 5.74) is 0. The first-order valence-corrected chi connectivity index (χ1v) is 21.7. The van der Waals surface area contributed by atoms with Gasteiger partial charge in [-0.2, -0.15) is 0 Å². The van der Waals surface area contributed by atoms with E-state index in [1.54, 1.807) is 0 Å². The monoisotopic (exact) mass is 680 g/mol. The number of esters is 2. The molecule has 0 aliphatic heterocycles. The molecule has 1 N–H and O–H groups in total. The molecule has 0 aromatic heterocycles. The van der Waals surface area contributed by atoms with Crippen molar-refractivity contribution in [1.82, 2.24) is 5.32 Å². The highest BCUT2D eigenvalue weighted by Crippen LogP contribution is 2.18. The van der Waals surface area contributed by atoms with Crippen molar-refractivity contribution >= 4 is 11.9 Å². The molecule has 0 saturated carbocycles. The predicted octanol–water partition coefficient (Wildman–Crippen LogP) is 13.4. The van der Waals surface area contributed by atoms with Crippen molar-refractivity contribution in [1.29, 1.82) is 0 Å². The lowest BCUT2D eigenvalue weighted by atomic mass is 10.0. The molecule has 0 saturated heterocycles. The van der Waals surface area contributed by atoms with Crippen molar-refractivity contribution in [3.63, 3.8) is 0 Å². The fourth-order valence-electron chi connectivity index (χ4n) is 6.53. The van der Waals surface area contributed by atoms with E-state index in [0.29, 0.717) is 19.4 Å². The fourth-order valence-corrected chi connectivity index (χ4v) is 6.53. The van der Waals surface area contributed by atoms with E-state index in [4.69, 9.17) is 9.47 Å². The Morgan fingerprint density at radius 1 is 0.417 bits per heavy atom. The SMILES string of the molecule is CCCCCCCCCCCOC(=O)CCCCCNCCCCCCCC(=O)OC(CCCCCCCC)CCCCCCCCC. The molecule has 0 radical (unpaired) electrons. The summed E-state index contributed by atoms with van der Waals surface area (Å²) in [5, 5.41) is 3.55. The number of hydrogen-bond acceptors (Lipinski definition) is 5. The Kier molecular flexibility index (Phi) is 39.4. The maximum atomic E-state index is 12.6. The molecule has 0 aromatic rings. The molecule has 0 rings (SSSR count). The molecule has 1 atom stereocenters. The smallest absolute Gasteiger partial charge is 0.306 e. The van der Waals surface area contributed by atoms with Crippen LogP contribution in [0.25, 0.3) is 0 Å². The van der Waals surface area contributed by atoms with Crippen LogP contribution in [0.5, 0.6) is 0 Å². The topological polar surface area (TPSA) is 64.6 Å². The number of nitrogens with one attached hydrogen (secondary N) is 1. The van der Waals surface area contributed by atoms with Crippen LogP contribution in [0, 0.1) is 0 Å². The molecule has 5 heteroatoms. The highest BCUT2D eigenvalue weighted by Gasteiger charge is 2.14. The normalized spacial score (nSPS) is 12.0. The van der Waals surface area contributed by atoms with E-state index in [-0.39, 0.29) is 18.0 Å². The Morgan fingerprint density at radius 2 is 0.771 bits per heavy atom. The van der Waals surface area contributed by atoms with Gasteiger partial charge in [-0.25, -0.2) is 0 Å². The first-order chi connectivity index (χ1) is 23.6. The minimum Gasteiger partial charge on any atom is -0.466 e. The largest absolute Gasteiger partial charge is 0.466 e. The number of unbranched alkanes of at least 4 members (excludes halogenated alkanes) is 25. The zero-order chi connectivity index (χ0) is 35.0. The molecule has 0 aliphatic carbocycles. The molecule has 48 heavy (non-hydrogen) atoms. The number of carbonyl (C=O) groups is 2. The third kappa shape index (κ3) is 37.7. The fraction of sp³-hybridized carbons (Fsp3) is 0.953. The summed E-state index contributed by atoms with van der Waals surface area (Å²) >= 11 is 0. The average molecular weight is 680 g/mol. The molecule has 0 amide bonds. The third-order valence-electron chi connectivity index (χ3n) is 9.79. The van der Waals surface area contributed by atoms with Gasteiger partial charge in [0.1, 0.15) is 6.10 Å². The van der Waals surface area contributed by atoms with Gasteiger partial charge in [-0.05, 0) is 70.9 Å². The lowest BCUT2D eigenvalue weighted by Crippen LogP contribution is -2.18. The lowest BCUT2D eigenvalue weighted by Gasteiger charge is -2.18. The number of carbonyl (C=O) groups excluding carboxylic acids is 2. The Bertz CT molecular complexity index is 655. The molecule has 0 bridgehead atoms. The molecule has 1 unspecified atom stereocenters. The van der Waals surface area contributed by atoms with Crippen molar-refractivity contribution in [2.45, 2.75) is 245 Å². The molecule has 0 aromatic carbocycles. The lowest BCUT2D eigenvalue weighted by molar-refractivity contribution is -0.150. The van der Waals surface area contributed by atoms with Gasteiger partial charge in [0.2, 0.25) is 0 Å². The summed E-state index contributed by atoms with van der Waals surface area (Å²) in [5.74, 6) is 0.00919. The van der Waals surface area contributed by atoms with Crippen LogP contribution in [0.2, 0.25) is 0 Å². The van der Waals surface area contributed by atoms with Crippen molar-refractivity contribution in [3.05, 3.63) is 0 Å². The summed E-state index contributed by atoms with van der Waals surface area (Å²) in [6, 6.07) is 0. The average Bonchev–Trinajstić information content (AvgIpc) is 3.08. The van der Waals surface area contributed by atoms with Gasteiger partial charge in [0, 0.05) is 12.8 Å². The van der Waals surface area contributed by atoms with Crippen LogP contribution in [0.1, 0.15) is 239 Å². The Labute approximate surface area is 300 Å². The van der Waals surface area contributed by atoms with Crippen LogP contribution >= 0.6 is 0 Å². The zero-order valence-corrected chi connectivity index (χ0v) is 32.9. The number of hydrogen-bond donors (Lipinski definition) is 1. The molecule has 0 heterocycles. The van der Waals surface area contributed by atoms with Gasteiger partial charge in [0.15, 0.2) is 0 Å². The first-order valence-electron chi connectivity index (χ1n) is 21.7. The highest BCUT2D eigenvalue weighted by atomic mass is 16.5. The number of ether oxygens (including phenoxy) is 2. The van der Waals surface area contributed by atoms with E-state index in [9.17, 15) is 9.59 Å². The predicted molar refractivity (Wildman–Crippen MR) is 208 cm³/mol. The van der Waals surface area contributed by atoms with Crippen LogP contribution in [-0.2, 0) is 19.1 Å². The van der Waals surface area contributed by atoms with Crippen molar-refractivity contribution in [2.75, 3.05) is 19.7 Å². The highest BCUT2D eigenvalue weighted by molar-refractivity contribution is 5.69. The van der Waals surface area contributed by atoms with Crippen LogP contribution < -0.4 is 5.32 Å². The van der Waals surface area contributed by atoms with E-state index >= 15 is 0 Å². The van der Waals surface area contributed by atoms with Crippen molar-refractivity contribution < 1.29 is 19.1 Å². The van der Waals surface area contributed by atoms with Crippen LogP contribution in [0.15, 0.2) is 0 Å². The maximum absolute atomic E-state index is 12.6. The van der Waals surface area contributed by atoms with E-state index in [1.807, 2.05) is 0 Å². The Morgan fingerprint density at radius 3 is 1.25 bits per heavy atom. The van der Waals surface area contributed by atoms with Gasteiger partial charge in [-0.15, -0.1) is 0 Å². The molecular weight excluding hydrogens is 594 g/mol. The third-order valence-corrected chi connectivity index (χ3v) is 9.79. The molecule has 0 fully saturated rings. The first kappa shape index (κ1) is 46.9. The van der Waals surface area contributed by atoms with E-state index in [1.165, 1.54) is 154 Å². The number of rotatable bonds is 40. The van der Waals surface area contributed by atoms with E-state index in [0.717, 1.165) is 64.5 Å². The second-order valence-corrected chi connectivity index (χ2v) is 14.7. The van der Waals surface area contributed by atoms with Gasteiger partial charge in [0.05, 0.1) is 6.61 Å². The van der Waals surface area contributed by atoms with Crippen LogP contribution in [-0.4, -0.2) is 37.7 Å². The molecule has 286 valence electrons. The molecule has 0 aliphatic rings. The summed E-state index contributed by atoms with van der Waals surface area (Å²) in [4.78, 5) is 24.6. The van der Waals surface area contributed by atoms with Gasteiger partial charge in [0.25, 0.3) is 0 Å². The van der Waals surface area contributed by atoms with Crippen LogP contribution in [0.3, 0.4) is 0 Å². The summed E-state index contributed by atoms with van der Waals surface area (Å²) in [6.07, 6.45) is 40.7. The van der Waals surface area contributed by atoms with Crippen LogP contribution in [0.4, 0.5) is 0 Å². The maximum Gasteiger partial charge on any atom is 0.306 e. The van der Waals surface area contributed by atoms with Gasteiger partial charge in [-0.1, -0.05) is 168 Å². The van der Waals surface area contributed by atoms with Gasteiger partial charge >= 0.3 is 11.9 Å². The van der Waals surface area contributed by atoms with Crippen molar-refractivity contribution in [3.8, 4) is 0 Å². The zero-order valence-electron chi connectivity index (χ0n) is 32.9. The van der Waals surface area contributed by atoms with Gasteiger partial charge < -0.3 is 14.8 Å². The Balaban J connectivity index is 3.68. The minimum atomic E-state index is -0.0210. The van der Waals surface area contributed by atoms with E-state index < -0.39 is 0 Å². The standard InChI is InChI=1S/C43H85NO4/c1-4-7-10-13-16-17-19-25-33-40-47-42(45)36-30-26-32-39-44-38-31-24-20-23-29-37-43(46)48-41(34-27-21-15-12-9-6-3)35-28-22-18-14-11-8-5-2/h41,44H,4-40H2,1-3H3. The van der Waals surface area contributed by atoms with Gasteiger partial charge in [-0.3, -0.25) is 9.59 Å². The second-order valence-electron chi connectivity index (χ2n) is 14.7. The minimum absolute atomic E-state index is 0.0210. The molecule has 0 spiro atoms. The van der Waals surface area contributed by atoms with E-state index in [2.05, 4.69) is 26.1 Å². The summed E-state index contributed by atoms with van der Waals surface area (Å²) in [6.45, 7) is 9.48. The summed E-state index contributed by atoms with van der Waals surface area (Å²) in [7, 11) is 0.